The second kappa shape index (κ2) is 8.87. The topological polar surface area (TPSA) is 149 Å². The molecule has 1 aliphatic heterocycles. The molecule has 0 unspecified atom stereocenters. The summed E-state index contributed by atoms with van der Waals surface area (Å²) in [5.74, 6) is -2.74. The van der Waals surface area contributed by atoms with Gasteiger partial charge in [-0.05, 0) is 42.7 Å². The van der Waals surface area contributed by atoms with Crippen LogP contribution in [0.15, 0.2) is 43.1 Å². The van der Waals surface area contributed by atoms with Crippen LogP contribution in [0.4, 0.5) is 20.3 Å². The first-order chi connectivity index (χ1) is 16.8. The molecule has 1 aliphatic rings. The summed E-state index contributed by atoms with van der Waals surface area (Å²) in [6.45, 7) is 0.712. The van der Waals surface area contributed by atoms with E-state index in [1.54, 1.807) is 28.1 Å². The lowest BCUT2D eigenvalue weighted by molar-refractivity contribution is -0.139. The molecule has 1 fully saturated rings. The zero-order valence-corrected chi connectivity index (χ0v) is 18.5. The van der Waals surface area contributed by atoms with Crippen LogP contribution in [0.2, 0.25) is 0 Å². The molecule has 5 rings (SSSR count). The van der Waals surface area contributed by atoms with Gasteiger partial charge in [-0.25, -0.2) is 28.5 Å². The van der Waals surface area contributed by atoms with E-state index in [1.165, 1.54) is 12.4 Å². The third kappa shape index (κ3) is 4.12. The average Bonchev–Trinajstić information content (AvgIpc) is 3.24. The van der Waals surface area contributed by atoms with Crippen LogP contribution in [0.25, 0.3) is 22.4 Å². The lowest BCUT2D eigenvalue weighted by atomic mass is 9.95. The molecule has 12 heteroatoms. The van der Waals surface area contributed by atoms with Gasteiger partial charge in [0, 0.05) is 18.2 Å². The van der Waals surface area contributed by atoms with Crippen molar-refractivity contribution < 1.29 is 18.7 Å². The Bertz CT molecular complexity index is 1430. The maximum atomic E-state index is 13.9. The van der Waals surface area contributed by atoms with E-state index < -0.39 is 29.7 Å². The molecule has 0 radical (unpaired) electrons. The highest BCUT2D eigenvalue weighted by molar-refractivity contribution is 5.82. The number of nitrogens with zero attached hydrogens (tertiary/aromatic N) is 6. The number of rotatable bonds is 5. The predicted molar refractivity (Wildman–Crippen MR) is 124 cm³/mol. The molecule has 0 aliphatic carbocycles. The summed E-state index contributed by atoms with van der Waals surface area (Å²) in [5.41, 5.74) is 15.0. The minimum absolute atomic E-state index is 0.235. The second-order valence-electron chi connectivity index (χ2n) is 8.41. The van der Waals surface area contributed by atoms with Crippen molar-refractivity contribution in [1.29, 1.82) is 0 Å². The molecule has 180 valence electrons. The van der Waals surface area contributed by atoms with Crippen molar-refractivity contribution >= 4 is 28.6 Å². The molecule has 1 aromatic carbocycles. The summed E-state index contributed by atoms with van der Waals surface area (Å²) in [5, 5.41) is 9.88. The number of carboxylic acids is 1. The largest absolute Gasteiger partial charge is 0.480 e. The Morgan fingerprint density at radius 1 is 1.14 bits per heavy atom. The number of pyridine rings is 1. The number of nitrogens with two attached hydrogens (primary N) is 2. The SMILES string of the molecule is Nc1ncnc2c1ncn2Cc1cc(-c2ccc(F)c(F)c2)ncc1N1CCC[C@@H](N)[C@H]1C(=O)O. The summed E-state index contributed by atoms with van der Waals surface area (Å²) >= 11 is 0. The lowest BCUT2D eigenvalue weighted by Gasteiger charge is -2.39. The lowest BCUT2D eigenvalue weighted by Crippen LogP contribution is -2.56. The van der Waals surface area contributed by atoms with Crippen LogP contribution in [-0.2, 0) is 11.3 Å². The van der Waals surface area contributed by atoms with Crippen LogP contribution in [0.5, 0.6) is 0 Å². The molecule has 4 aromatic rings. The molecule has 0 amide bonds. The highest BCUT2D eigenvalue weighted by Gasteiger charge is 2.36. The van der Waals surface area contributed by atoms with Crippen molar-refractivity contribution in [3.63, 3.8) is 0 Å². The summed E-state index contributed by atoms with van der Waals surface area (Å²) < 4.78 is 29.1. The Labute approximate surface area is 198 Å². The highest BCUT2D eigenvalue weighted by Crippen LogP contribution is 2.32. The standard InChI is InChI=1S/C23H22F2N8O2/c24-14-4-3-12(6-15(14)25)17-7-13(9-32-11-31-19-21(27)29-10-30-22(19)32)18(8-28-17)33-5-1-2-16(26)20(33)23(34)35/h3-4,6-8,10-11,16,20H,1-2,5,9,26H2,(H,34,35)(H2,27,29,30)/t16-,20+/m1/s1. The first-order valence-corrected chi connectivity index (χ1v) is 10.9. The Morgan fingerprint density at radius 2 is 1.97 bits per heavy atom. The molecule has 0 spiro atoms. The second-order valence-corrected chi connectivity index (χ2v) is 8.41. The Kier molecular flexibility index (Phi) is 5.73. The van der Waals surface area contributed by atoms with E-state index in [2.05, 4.69) is 19.9 Å². The van der Waals surface area contributed by atoms with Crippen molar-refractivity contribution in [2.75, 3.05) is 17.2 Å². The number of imidazole rings is 1. The third-order valence-corrected chi connectivity index (χ3v) is 6.19. The molecule has 1 saturated heterocycles. The predicted octanol–water partition coefficient (Wildman–Crippen LogP) is 2.18. The van der Waals surface area contributed by atoms with E-state index in [0.717, 1.165) is 12.1 Å². The summed E-state index contributed by atoms with van der Waals surface area (Å²) in [4.78, 5) is 30.8. The van der Waals surface area contributed by atoms with E-state index >= 15 is 0 Å². The molecule has 2 atom stereocenters. The number of aromatic nitrogens is 5. The number of carboxylic acid groups (broad SMARTS) is 1. The van der Waals surface area contributed by atoms with Crippen molar-refractivity contribution in [3.8, 4) is 11.3 Å². The number of piperidine rings is 1. The minimum atomic E-state index is -1.03. The van der Waals surface area contributed by atoms with Gasteiger partial charge >= 0.3 is 5.97 Å². The van der Waals surface area contributed by atoms with Crippen LogP contribution in [0.3, 0.4) is 0 Å². The average molecular weight is 480 g/mol. The smallest absolute Gasteiger partial charge is 0.327 e. The van der Waals surface area contributed by atoms with Crippen LogP contribution in [0.1, 0.15) is 18.4 Å². The fourth-order valence-electron chi connectivity index (χ4n) is 4.50. The molecule has 10 nitrogen and oxygen atoms in total. The number of fused-ring (bicyclic) bond motifs is 1. The first-order valence-electron chi connectivity index (χ1n) is 10.9. The number of hydrogen-bond acceptors (Lipinski definition) is 8. The van der Waals surface area contributed by atoms with Gasteiger partial charge in [0.25, 0.3) is 0 Å². The Hall–Kier alpha value is -4.19. The summed E-state index contributed by atoms with van der Waals surface area (Å²) in [6.07, 6.45) is 5.74. The van der Waals surface area contributed by atoms with Crippen molar-refractivity contribution in [3.05, 3.63) is 60.3 Å². The van der Waals surface area contributed by atoms with Gasteiger partial charge in [-0.2, -0.15) is 0 Å². The van der Waals surface area contributed by atoms with Gasteiger partial charge in [0.05, 0.1) is 30.5 Å². The van der Waals surface area contributed by atoms with Crippen LogP contribution in [-0.4, -0.2) is 54.2 Å². The zero-order valence-electron chi connectivity index (χ0n) is 18.5. The number of aliphatic carboxylic acids is 1. The number of anilines is 2. The van der Waals surface area contributed by atoms with E-state index in [1.807, 2.05) is 0 Å². The zero-order chi connectivity index (χ0) is 24.7. The van der Waals surface area contributed by atoms with Gasteiger partial charge in [0.15, 0.2) is 23.1 Å². The summed E-state index contributed by atoms with van der Waals surface area (Å²) in [6, 6.07) is 3.77. The Balaban J connectivity index is 1.64. The third-order valence-electron chi connectivity index (χ3n) is 6.19. The van der Waals surface area contributed by atoms with Gasteiger partial charge in [0.2, 0.25) is 0 Å². The van der Waals surface area contributed by atoms with Crippen molar-refractivity contribution in [1.82, 2.24) is 24.5 Å². The maximum absolute atomic E-state index is 13.9. The van der Waals surface area contributed by atoms with Gasteiger partial charge in [-0.1, -0.05) is 0 Å². The molecular weight excluding hydrogens is 458 g/mol. The normalized spacial score (nSPS) is 18.2. The van der Waals surface area contributed by atoms with E-state index in [4.69, 9.17) is 11.5 Å². The van der Waals surface area contributed by atoms with Gasteiger partial charge < -0.3 is 26.0 Å². The monoisotopic (exact) mass is 480 g/mol. The summed E-state index contributed by atoms with van der Waals surface area (Å²) in [7, 11) is 0. The van der Waals surface area contributed by atoms with E-state index in [0.29, 0.717) is 53.1 Å². The number of carbonyl (C=O) groups is 1. The van der Waals surface area contributed by atoms with Crippen LogP contribution < -0.4 is 16.4 Å². The highest BCUT2D eigenvalue weighted by atomic mass is 19.2. The Morgan fingerprint density at radius 3 is 2.74 bits per heavy atom. The molecule has 0 saturated carbocycles. The first kappa shape index (κ1) is 22.6. The molecule has 35 heavy (non-hydrogen) atoms. The molecule has 3 aromatic heterocycles. The fourth-order valence-corrected chi connectivity index (χ4v) is 4.50. The van der Waals surface area contributed by atoms with Gasteiger partial charge in [-0.15, -0.1) is 0 Å². The van der Waals surface area contributed by atoms with Gasteiger partial charge in [-0.3, -0.25) is 4.98 Å². The molecule has 0 bridgehead atoms. The molecule has 5 N–H and O–H groups in total. The minimum Gasteiger partial charge on any atom is -0.480 e. The van der Waals surface area contributed by atoms with Crippen LogP contribution in [0, 0.1) is 11.6 Å². The van der Waals surface area contributed by atoms with E-state index in [-0.39, 0.29) is 12.4 Å². The fraction of sp³-hybridized carbons (Fsp3) is 0.261. The number of hydrogen-bond donors (Lipinski definition) is 3. The maximum Gasteiger partial charge on any atom is 0.327 e. The van der Waals surface area contributed by atoms with Gasteiger partial charge in [0.1, 0.15) is 17.9 Å². The number of nitrogen functional groups attached to an aromatic ring is 1. The van der Waals surface area contributed by atoms with Crippen molar-refractivity contribution in [2.45, 2.75) is 31.5 Å². The number of benzene rings is 1. The number of halogens is 2. The van der Waals surface area contributed by atoms with Crippen molar-refractivity contribution in [2.24, 2.45) is 5.73 Å². The quantitative estimate of drug-likeness (QED) is 0.391. The van der Waals surface area contributed by atoms with Crippen LogP contribution >= 0.6 is 0 Å². The molecule has 4 heterocycles. The van der Waals surface area contributed by atoms with E-state index in [9.17, 15) is 18.7 Å². The molecular formula is C23H22F2N8O2.